The molecule has 1 aromatic rings. The lowest BCUT2D eigenvalue weighted by Gasteiger charge is -2.12. The van der Waals surface area contributed by atoms with Crippen molar-refractivity contribution < 1.29 is 9.53 Å². The van der Waals surface area contributed by atoms with Gasteiger partial charge in [-0.05, 0) is 26.7 Å². The molecule has 1 aliphatic carbocycles. The van der Waals surface area contributed by atoms with E-state index in [0.29, 0.717) is 0 Å². The van der Waals surface area contributed by atoms with Gasteiger partial charge in [-0.3, -0.25) is 4.79 Å². The number of nitrogens with zero attached hydrogens (tertiary/aromatic N) is 2. The van der Waals surface area contributed by atoms with Crippen LogP contribution in [0.25, 0.3) is 0 Å². The topological polar surface area (TPSA) is 44.1 Å². The van der Waals surface area contributed by atoms with Crippen molar-refractivity contribution in [3.05, 3.63) is 11.3 Å². The fourth-order valence-corrected chi connectivity index (χ4v) is 2.33. The van der Waals surface area contributed by atoms with Crippen molar-refractivity contribution in [3.63, 3.8) is 0 Å². The fraction of sp³-hybridized carbons (Fsp3) is 0.636. The second-order valence-electron chi connectivity index (χ2n) is 4.23. The predicted molar refractivity (Wildman–Crippen MR) is 56.1 cm³/mol. The van der Waals surface area contributed by atoms with Crippen LogP contribution in [-0.4, -0.2) is 22.7 Å². The van der Waals surface area contributed by atoms with Gasteiger partial charge in [0.05, 0.1) is 23.8 Å². The smallest absolute Gasteiger partial charge is 0.215 e. The highest BCUT2D eigenvalue weighted by atomic mass is 16.5. The number of ketones is 1. The molecule has 2 rings (SSSR count). The number of hydrogen-bond acceptors (Lipinski definition) is 3. The molecule has 0 atom stereocenters. The summed E-state index contributed by atoms with van der Waals surface area (Å²) in [5, 5.41) is 4.31. The molecule has 0 spiro atoms. The van der Waals surface area contributed by atoms with E-state index in [9.17, 15) is 4.79 Å². The van der Waals surface area contributed by atoms with Gasteiger partial charge >= 0.3 is 0 Å². The molecule has 82 valence electrons. The normalized spacial score (nSPS) is 17.6. The highest BCUT2D eigenvalue weighted by Crippen LogP contribution is 2.52. The molecule has 1 aliphatic rings. The number of carbonyl (C=O) groups excluding carboxylic acids is 1. The maximum Gasteiger partial charge on any atom is 0.215 e. The fourth-order valence-electron chi connectivity index (χ4n) is 2.33. The highest BCUT2D eigenvalue weighted by molar-refractivity contribution is 5.92. The summed E-state index contributed by atoms with van der Waals surface area (Å²) in [6.07, 6.45) is 1.84. The minimum Gasteiger partial charge on any atom is -0.481 e. The van der Waals surface area contributed by atoms with Crippen molar-refractivity contribution in [2.45, 2.75) is 32.1 Å². The lowest BCUT2D eigenvalue weighted by Crippen LogP contribution is -2.18. The Morgan fingerprint density at radius 1 is 1.53 bits per heavy atom. The van der Waals surface area contributed by atoms with E-state index in [4.69, 9.17) is 4.74 Å². The summed E-state index contributed by atoms with van der Waals surface area (Å²) in [5.74, 6) is 0.942. The molecule has 1 fully saturated rings. The van der Waals surface area contributed by atoms with Gasteiger partial charge in [0.15, 0.2) is 0 Å². The molecule has 0 N–H and O–H groups in total. The van der Waals surface area contributed by atoms with Crippen LogP contribution in [0.5, 0.6) is 5.88 Å². The van der Waals surface area contributed by atoms with Crippen molar-refractivity contribution in [2.24, 2.45) is 7.05 Å². The second kappa shape index (κ2) is 3.08. The lowest BCUT2D eigenvalue weighted by molar-refractivity contribution is -0.119. The Hall–Kier alpha value is -1.32. The highest BCUT2D eigenvalue weighted by Gasteiger charge is 2.52. The first-order chi connectivity index (χ1) is 7.03. The van der Waals surface area contributed by atoms with E-state index >= 15 is 0 Å². The van der Waals surface area contributed by atoms with Crippen LogP contribution in [0.4, 0.5) is 0 Å². The number of hydrogen-bond donors (Lipinski definition) is 0. The van der Waals surface area contributed by atoms with Gasteiger partial charge in [-0.25, -0.2) is 4.68 Å². The zero-order valence-electron chi connectivity index (χ0n) is 9.63. The third-order valence-electron chi connectivity index (χ3n) is 3.27. The first kappa shape index (κ1) is 10.2. The molecule has 1 aromatic heterocycles. The average Bonchev–Trinajstić information content (AvgIpc) is 2.89. The van der Waals surface area contributed by atoms with E-state index in [1.807, 2.05) is 14.0 Å². The lowest BCUT2D eigenvalue weighted by atomic mass is 9.92. The van der Waals surface area contributed by atoms with Gasteiger partial charge in [0.1, 0.15) is 5.78 Å². The molecule has 0 saturated heterocycles. The number of methoxy groups -OCH3 is 1. The molecule has 15 heavy (non-hydrogen) atoms. The Bertz CT molecular complexity index is 416. The summed E-state index contributed by atoms with van der Waals surface area (Å²) in [6.45, 7) is 3.58. The number of ether oxygens (including phenoxy) is 1. The minimum absolute atomic E-state index is 0.219. The van der Waals surface area contributed by atoms with E-state index < -0.39 is 0 Å². The summed E-state index contributed by atoms with van der Waals surface area (Å²) in [6, 6.07) is 0. The first-order valence-corrected chi connectivity index (χ1v) is 5.12. The van der Waals surface area contributed by atoms with Crippen LogP contribution >= 0.6 is 0 Å². The monoisotopic (exact) mass is 208 g/mol. The quantitative estimate of drug-likeness (QED) is 0.753. The van der Waals surface area contributed by atoms with Crippen molar-refractivity contribution in [3.8, 4) is 5.88 Å². The third-order valence-corrected chi connectivity index (χ3v) is 3.27. The Balaban J connectivity index is 2.57. The van der Waals surface area contributed by atoms with Crippen molar-refractivity contribution >= 4 is 5.78 Å². The van der Waals surface area contributed by atoms with Crippen LogP contribution in [0.2, 0.25) is 0 Å². The second-order valence-corrected chi connectivity index (χ2v) is 4.23. The van der Waals surface area contributed by atoms with Gasteiger partial charge in [-0.2, -0.15) is 5.10 Å². The molecule has 0 bridgehead atoms. The molecule has 1 heterocycles. The molecule has 4 nitrogen and oxygen atoms in total. The van der Waals surface area contributed by atoms with E-state index in [1.165, 1.54) is 0 Å². The van der Waals surface area contributed by atoms with Crippen LogP contribution in [0.1, 0.15) is 31.0 Å². The van der Waals surface area contributed by atoms with Gasteiger partial charge in [0.25, 0.3) is 0 Å². The number of Topliss-reactive ketones (excluding diaryl/α,β-unsaturated/α-hetero) is 1. The molecular formula is C11H16N2O2. The SMILES string of the molecule is COc1c(C2(C(C)=O)CC2)c(C)nn1C. The summed E-state index contributed by atoms with van der Waals surface area (Å²) >= 11 is 0. The molecule has 1 saturated carbocycles. The molecule has 0 aromatic carbocycles. The van der Waals surface area contributed by atoms with Crippen molar-refractivity contribution in [2.75, 3.05) is 7.11 Å². The zero-order chi connectivity index (χ0) is 11.2. The number of rotatable bonds is 3. The van der Waals surface area contributed by atoms with Crippen molar-refractivity contribution in [1.29, 1.82) is 0 Å². The van der Waals surface area contributed by atoms with E-state index in [2.05, 4.69) is 5.10 Å². The number of carbonyl (C=O) groups is 1. The van der Waals surface area contributed by atoms with Crippen LogP contribution in [-0.2, 0) is 17.3 Å². The van der Waals surface area contributed by atoms with Crippen LogP contribution < -0.4 is 4.74 Å². The van der Waals surface area contributed by atoms with Gasteiger partial charge < -0.3 is 4.74 Å². The zero-order valence-corrected chi connectivity index (χ0v) is 9.63. The Morgan fingerprint density at radius 3 is 2.53 bits per heavy atom. The van der Waals surface area contributed by atoms with Gasteiger partial charge in [-0.15, -0.1) is 0 Å². The average molecular weight is 208 g/mol. The third kappa shape index (κ3) is 1.28. The van der Waals surface area contributed by atoms with Crippen LogP contribution in [0.15, 0.2) is 0 Å². The molecular weight excluding hydrogens is 192 g/mol. The predicted octanol–water partition coefficient (Wildman–Crippen LogP) is 1.36. The Labute approximate surface area is 89.2 Å². The standard InChI is InChI=1S/C11H16N2O2/c1-7-9(10(15-4)13(3)12-7)11(5-6-11)8(2)14/h5-6H2,1-4H3. The maximum absolute atomic E-state index is 11.7. The van der Waals surface area contributed by atoms with Crippen LogP contribution in [0.3, 0.4) is 0 Å². The number of aryl methyl sites for hydroxylation is 2. The molecule has 0 unspecified atom stereocenters. The summed E-state index contributed by atoms with van der Waals surface area (Å²) in [5.41, 5.74) is 1.59. The molecule has 0 aliphatic heterocycles. The van der Waals surface area contributed by atoms with Gasteiger partial charge in [0.2, 0.25) is 5.88 Å². The summed E-state index contributed by atoms with van der Waals surface area (Å²) in [4.78, 5) is 11.7. The largest absolute Gasteiger partial charge is 0.481 e. The molecule has 0 radical (unpaired) electrons. The van der Waals surface area contributed by atoms with E-state index in [1.54, 1.807) is 18.7 Å². The summed E-state index contributed by atoms with van der Waals surface area (Å²) in [7, 11) is 3.46. The Morgan fingerprint density at radius 2 is 2.13 bits per heavy atom. The summed E-state index contributed by atoms with van der Waals surface area (Å²) < 4.78 is 7.02. The number of aromatic nitrogens is 2. The van der Waals surface area contributed by atoms with Crippen molar-refractivity contribution in [1.82, 2.24) is 9.78 Å². The van der Waals surface area contributed by atoms with Gasteiger partial charge in [-0.1, -0.05) is 0 Å². The van der Waals surface area contributed by atoms with E-state index in [-0.39, 0.29) is 11.2 Å². The first-order valence-electron chi connectivity index (χ1n) is 5.12. The maximum atomic E-state index is 11.7. The molecule has 0 amide bonds. The van der Waals surface area contributed by atoms with E-state index in [0.717, 1.165) is 30.0 Å². The minimum atomic E-state index is -0.302. The van der Waals surface area contributed by atoms with Gasteiger partial charge in [0, 0.05) is 7.05 Å². The Kier molecular flexibility index (Phi) is 2.10. The molecule has 4 heteroatoms. The van der Waals surface area contributed by atoms with Crippen LogP contribution in [0, 0.1) is 6.92 Å².